The number of ether oxygens (including phenoxy) is 2. The zero-order chi connectivity index (χ0) is 12.6. The van der Waals surface area contributed by atoms with Crippen molar-refractivity contribution in [3.8, 4) is 5.75 Å². The summed E-state index contributed by atoms with van der Waals surface area (Å²) in [4.78, 5) is 0. The molecule has 2 aliphatic rings. The van der Waals surface area contributed by atoms with Gasteiger partial charge in [-0.1, -0.05) is 13.0 Å². The number of rotatable bonds is 2. The van der Waals surface area contributed by atoms with Crippen molar-refractivity contribution < 1.29 is 9.47 Å². The molecule has 2 heterocycles. The third kappa shape index (κ3) is 1.81. The molecule has 0 amide bonds. The van der Waals surface area contributed by atoms with Gasteiger partial charge in [0.05, 0.1) is 31.5 Å². The normalized spacial score (nSPS) is 29.6. The molecule has 3 rings (SSSR count). The first-order valence-corrected chi connectivity index (χ1v) is 6.57. The lowest BCUT2D eigenvalue weighted by Gasteiger charge is -2.27. The predicted molar refractivity (Wildman–Crippen MR) is 72.4 cm³/mol. The summed E-state index contributed by atoms with van der Waals surface area (Å²) in [5.74, 6) is 0.923. The molecule has 0 aliphatic carbocycles. The second-order valence-corrected chi connectivity index (χ2v) is 5.33. The van der Waals surface area contributed by atoms with E-state index >= 15 is 0 Å². The molecular formula is C14H20N2O2. The minimum absolute atomic E-state index is 0.141. The summed E-state index contributed by atoms with van der Waals surface area (Å²) >= 11 is 0. The Bertz CT molecular complexity index is 449. The Morgan fingerprint density at radius 3 is 3.22 bits per heavy atom. The van der Waals surface area contributed by atoms with Crippen LogP contribution in [-0.2, 0) is 4.74 Å². The van der Waals surface area contributed by atoms with Crippen molar-refractivity contribution in [2.75, 3.05) is 37.0 Å². The summed E-state index contributed by atoms with van der Waals surface area (Å²) in [6.07, 6.45) is 0. The van der Waals surface area contributed by atoms with Gasteiger partial charge in [-0.05, 0) is 19.1 Å². The molecule has 0 saturated carbocycles. The zero-order valence-corrected chi connectivity index (χ0v) is 11.0. The maximum absolute atomic E-state index is 5.68. The van der Waals surface area contributed by atoms with Gasteiger partial charge in [-0.25, -0.2) is 0 Å². The molecule has 0 bridgehead atoms. The molecule has 18 heavy (non-hydrogen) atoms. The quantitative estimate of drug-likeness (QED) is 0.843. The van der Waals surface area contributed by atoms with E-state index in [9.17, 15) is 0 Å². The maximum Gasteiger partial charge on any atom is 0.144 e. The summed E-state index contributed by atoms with van der Waals surface area (Å²) in [6, 6.07) is 6.49. The predicted octanol–water partition coefficient (Wildman–Crippen LogP) is 2.33. The third-order valence-corrected chi connectivity index (χ3v) is 3.88. The molecule has 2 aliphatic heterocycles. The number of hydrogen-bond acceptors (Lipinski definition) is 4. The Labute approximate surface area is 108 Å². The van der Waals surface area contributed by atoms with Crippen molar-refractivity contribution in [3.63, 3.8) is 0 Å². The Kier molecular flexibility index (Phi) is 2.82. The standard InChI is InChI=1S/C14H20N2O2/c1-3-18-11-6-4-5-10-13(11)15-8-14(2)9-17-7-12(14)16-10/h4-6,12,15-16H,3,7-9H2,1-2H3. The third-order valence-electron chi connectivity index (χ3n) is 3.88. The average molecular weight is 248 g/mol. The fourth-order valence-electron chi connectivity index (χ4n) is 2.69. The molecule has 0 spiro atoms. The van der Waals surface area contributed by atoms with Crippen molar-refractivity contribution >= 4 is 11.4 Å². The Hall–Kier alpha value is -1.42. The Balaban J connectivity index is 1.95. The molecule has 4 nitrogen and oxygen atoms in total. The van der Waals surface area contributed by atoms with Gasteiger partial charge < -0.3 is 20.1 Å². The minimum atomic E-state index is 0.141. The highest BCUT2D eigenvalue weighted by Gasteiger charge is 2.42. The van der Waals surface area contributed by atoms with Gasteiger partial charge in [-0.15, -0.1) is 0 Å². The SMILES string of the molecule is CCOc1cccc2c1NCC1(C)COCC1N2. The van der Waals surface area contributed by atoms with Gasteiger partial charge in [0.15, 0.2) is 0 Å². The van der Waals surface area contributed by atoms with Gasteiger partial charge in [0.2, 0.25) is 0 Å². The van der Waals surface area contributed by atoms with Crippen LogP contribution >= 0.6 is 0 Å². The molecule has 1 aromatic carbocycles. The summed E-state index contributed by atoms with van der Waals surface area (Å²) in [5, 5.41) is 7.12. The number of fused-ring (bicyclic) bond motifs is 2. The fourth-order valence-corrected chi connectivity index (χ4v) is 2.69. The number of nitrogens with one attached hydrogen (secondary N) is 2. The van der Waals surface area contributed by atoms with E-state index in [1.807, 2.05) is 19.1 Å². The van der Waals surface area contributed by atoms with E-state index in [2.05, 4.69) is 23.6 Å². The number of para-hydroxylation sites is 1. The van der Waals surface area contributed by atoms with Gasteiger partial charge in [0, 0.05) is 12.0 Å². The largest absolute Gasteiger partial charge is 0.492 e. The van der Waals surface area contributed by atoms with Crippen LogP contribution in [0.15, 0.2) is 18.2 Å². The summed E-state index contributed by atoms with van der Waals surface area (Å²) in [6.45, 7) is 7.43. The van der Waals surface area contributed by atoms with Crippen LogP contribution in [0.4, 0.5) is 11.4 Å². The van der Waals surface area contributed by atoms with E-state index in [0.29, 0.717) is 12.6 Å². The van der Waals surface area contributed by atoms with Gasteiger partial charge in [0.1, 0.15) is 11.4 Å². The topological polar surface area (TPSA) is 42.5 Å². The van der Waals surface area contributed by atoms with Gasteiger partial charge >= 0.3 is 0 Å². The molecule has 0 radical (unpaired) electrons. The summed E-state index contributed by atoms with van der Waals surface area (Å²) < 4.78 is 11.3. The summed E-state index contributed by atoms with van der Waals surface area (Å²) in [7, 11) is 0. The first-order valence-electron chi connectivity index (χ1n) is 6.57. The molecular weight excluding hydrogens is 228 g/mol. The molecule has 2 unspecified atom stereocenters. The van der Waals surface area contributed by atoms with E-state index < -0.39 is 0 Å². The van der Waals surface area contributed by atoms with Crippen molar-refractivity contribution in [2.45, 2.75) is 19.9 Å². The van der Waals surface area contributed by atoms with Crippen LogP contribution in [0.2, 0.25) is 0 Å². The number of hydrogen-bond donors (Lipinski definition) is 2. The molecule has 98 valence electrons. The molecule has 4 heteroatoms. The van der Waals surface area contributed by atoms with Crippen LogP contribution in [0, 0.1) is 5.41 Å². The van der Waals surface area contributed by atoms with Crippen LogP contribution in [0.25, 0.3) is 0 Å². The molecule has 1 fully saturated rings. The van der Waals surface area contributed by atoms with Crippen molar-refractivity contribution in [1.29, 1.82) is 0 Å². The van der Waals surface area contributed by atoms with Crippen LogP contribution in [-0.4, -0.2) is 32.4 Å². The smallest absolute Gasteiger partial charge is 0.144 e. The van der Waals surface area contributed by atoms with Gasteiger partial charge in [-0.3, -0.25) is 0 Å². The van der Waals surface area contributed by atoms with E-state index in [1.54, 1.807) is 0 Å². The van der Waals surface area contributed by atoms with Crippen LogP contribution < -0.4 is 15.4 Å². The van der Waals surface area contributed by atoms with Crippen molar-refractivity contribution in [3.05, 3.63) is 18.2 Å². The molecule has 1 aromatic rings. The van der Waals surface area contributed by atoms with E-state index in [1.165, 1.54) is 0 Å². The van der Waals surface area contributed by atoms with Crippen molar-refractivity contribution in [1.82, 2.24) is 0 Å². The summed E-state index contributed by atoms with van der Waals surface area (Å²) in [5.41, 5.74) is 2.33. The molecule has 1 saturated heterocycles. The monoisotopic (exact) mass is 248 g/mol. The molecule has 2 N–H and O–H groups in total. The van der Waals surface area contributed by atoms with Crippen molar-refractivity contribution in [2.24, 2.45) is 5.41 Å². The van der Waals surface area contributed by atoms with Crippen LogP contribution in [0.1, 0.15) is 13.8 Å². The van der Waals surface area contributed by atoms with Crippen LogP contribution in [0.5, 0.6) is 5.75 Å². The lowest BCUT2D eigenvalue weighted by atomic mass is 9.85. The highest BCUT2D eigenvalue weighted by Crippen LogP contribution is 2.40. The minimum Gasteiger partial charge on any atom is -0.492 e. The second kappa shape index (κ2) is 4.35. The zero-order valence-electron chi connectivity index (χ0n) is 11.0. The molecule has 2 atom stereocenters. The Morgan fingerprint density at radius 1 is 1.50 bits per heavy atom. The van der Waals surface area contributed by atoms with E-state index in [-0.39, 0.29) is 5.41 Å². The van der Waals surface area contributed by atoms with Crippen LogP contribution in [0.3, 0.4) is 0 Å². The highest BCUT2D eigenvalue weighted by atomic mass is 16.5. The number of anilines is 2. The fraction of sp³-hybridized carbons (Fsp3) is 0.571. The van der Waals surface area contributed by atoms with Gasteiger partial charge in [-0.2, -0.15) is 0 Å². The Morgan fingerprint density at radius 2 is 2.39 bits per heavy atom. The van der Waals surface area contributed by atoms with Gasteiger partial charge in [0.25, 0.3) is 0 Å². The lowest BCUT2D eigenvalue weighted by molar-refractivity contribution is 0.164. The number of benzene rings is 1. The lowest BCUT2D eigenvalue weighted by Crippen LogP contribution is -2.40. The van der Waals surface area contributed by atoms with E-state index in [0.717, 1.165) is 36.9 Å². The highest BCUT2D eigenvalue weighted by molar-refractivity contribution is 5.77. The van der Waals surface area contributed by atoms with E-state index in [4.69, 9.17) is 9.47 Å². The average Bonchev–Trinajstić information content (AvgIpc) is 2.64. The first-order chi connectivity index (χ1) is 8.73. The first kappa shape index (κ1) is 11.7. The second-order valence-electron chi connectivity index (χ2n) is 5.33. The molecule has 0 aromatic heterocycles. The maximum atomic E-state index is 5.68.